The van der Waals surface area contributed by atoms with Gasteiger partial charge in [-0.05, 0) is 42.5 Å². The minimum atomic E-state index is 0.124. The van der Waals surface area contributed by atoms with E-state index in [0.717, 1.165) is 23.4 Å². The van der Waals surface area contributed by atoms with Gasteiger partial charge in [0.15, 0.2) is 0 Å². The molecule has 2 aromatic carbocycles. The Morgan fingerprint density at radius 3 is 2.53 bits per heavy atom. The third kappa shape index (κ3) is 3.57. The molecule has 3 heteroatoms. The topological polar surface area (TPSA) is 38.0 Å². The Kier molecular flexibility index (Phi) is 4.97. The molecule has 2 rings (SSSR count). The maximum absolute atomic E-state index is 6.16. The third-order valence-corrected chi connectivity index (χ3v) is 3.86. The molecule has 0 aliphatic heterocycles. The van der Waals surface area contributed by atoms with Crippen molar-refractivity contribution in [3.63, 3.8) is 0 Å². The fraction of sp³-hybridized carbons (Fsp3) is 0.250. The zero-order valence-electron chi connectivity index (χ0n) is 11.1. The van der Waals surface area contributed by atoms with E-state index >= 15 is 0 Å². The van der Waals surface area contributed by atoms with Crippen molar-refractivity contribution < 1.29 is 0 Å². The summed E-state index contributed by atoms with van der Waals surface area (Å²) >= 11 is 6.16. The molecule has 1 unspecified atom stereocenters. The summed E-state index contributed by atoms with van der Waals surface area (Å²) in [4.78, 5) is 0. The van der Waals surface area contributed by atoms with E-state index in [1.54, 1.807) is 0 Å². The lowest BCUT2D eigenvalue weighted by molar-refractivity contribution is 0.514. The molecule has 0 bridgehead atoms. The minimum Gasteiger partial charge on any atom is -0.271 e. The van der Waals surface area contributed by atoms with Crippen LogP contribution in [0.5, 0.6) is 0 Å². The average Bonchev–Trinajstić information content (AvgIpc) is 2.45. The van der Waals surface area contributed by atoms with Crippen LogP contribution in [0, 0.1) is 6.92 Å². The highest BCUT2D eigenvalue weighted by atomic mass is 35.5. The molecule has 0 aliphatic carbocycles. The Balaban J connectivity index is 2.10. The molecule has 2 nitrogen and oxygen atoms in total. The Bertz CT molecular complexity index is 526. The second-order valence-corrected chi connectivity index (χ2v) is 5.10. The van der Waals surface area contributed by atoms with Gasteiger partial charge in [0.25, 0.3) is 0 Å². The van der Waals surface area contributed by atoms with E-state index in [0.29, 0.717) is 0 Å². The molecule has 0 amide bonds. The van der Waals surface area contributed by atoms with Gasteiger partial charge in [-0.25, -0.2) is 0 Å². The van der Waals surface area contributed by atoms with Crippen molar-refractivity contribution >= 4 is 11.6 Å². The first-order valence-electron chi connectivity index (χ1n) is 6.47. The third-order valence-electron chi connectivity index (χ3n) is 3.45. The lowest BCUT2D eigenvalue weighted by Gasteiger charge is -2.19. The van der Waals surface area contributed by atoms with Crippen LogP contribution in [0.1, 0.15) is 29.2 Å². The molecule has 0 aromatic heterocycles. The standard InChI is InChI=1S/C16H19ClN2/c1-12-14(8-5-9-15(12)17)16(19-18)11-10-13-6-3-2-4-7-13/h2-9,16,19H,10-11,18H2,1H3. The molecule has 0 heterocycles. The summed E-state index contributed by atoms with van der Waals surface area (Å²) in [5.74, 6) is 5.69. The van der Waals surface area contributed by atoms with Crippen molar-refractivity contribution in [3.05, 3.63) is 70.2 Å². The largest absolute Gasteiger partial charge is 0.271 e. The summed E-state index contributed by atoms with van der Waals surface area (Å²) in [6.45, 7) is 2.03. The lowest BCUT2D eigenvalue weighted by Crippen LogP contribution is -2.29. The van der Waals surface area contributed by atoms with E-state index in [2.05, 4.69) is 35.8 Å². The zero-order chi connectivity index (χ0) is 13.7. The summed E-state index contributed by atoms with van der Waals surface area (Å²) in [5.41, 5.74) is 6.49. The molecule has 1 atom stereocenters. The molecule has 0 saturated carbocycles. The van der Waals surface area contributed by atoms with Crippen LogP contribution in [0.15, 0.2) is 48.5 Å². The molecule has 0 spiro atoms. The van der Waals surface area contributed by atoms with E-state index in [9.17, 15) is 0 Å². The Labute approximate surface area is 119 Å². The summed E-state index contributed by atoms with van der Waals surface area (Å²) in [6, 6.07) is 16.5. The maximum Gasteiger partial charge on any atom is 0.0466 e. The highest BCUT2D eigenvalue weighted by Gasteiger charge is 2.13. The smallest absolute Gasteiger partial charge is 0.0466 e. The first-order valence-corrected chi connectivity index (χ1v) is 6.85. The first-order chi connectivity index (χ1) is 9.22. The summed E-state index contributed by atoms with van der Waals surface area (Å²) in [5, 5.41) is 0.789. The average molecular weight is 275 g/mol. The van der Waals surface area contributed by atoms with Crippen LogP contribution >= 0.6 is 11.6 Å². The molecule has 0 fully saturated rings. The predicted octanol–water partition coefficient (Wildman–Crippen LogP) is 3.79. The zero-order valence-corrected chi connectivity index (χ0v) is 11.8. The quantitative estimate of drug-likeness (QED) is 0.643. The number of hydrogen-bond acceptors (Lipinski definition) is 2. The van der Waals surface area contributed by atoms with Gasteiger partial charge in [0.1, 0.15) is 0 Å². The SMILES string of the molecule is Cc1c(Cl)cccc1C(CCc1ccccc1)NN. The van der Waals surface area contributed by atoms with Crippen molar-refractivity contribution in [2.24, 2.45) is 5.84 Å². The van der Waals surface area contributed by atoms with Gasteiger partial charge in [0, 0.05) is 11.1 Å². The molecular weight excluding hydrogens is 256 g/mol. The van der Waals surface area contributed by atoms with Crippen molar-refractivity contribution in [2.75, 3.05) is 0 Å². The van der Waals surface area contributed by atoms with E-state index in [1.165, 1.54) is 11.1 Å². The highest BCUT2D eigenvalue weighted by Crippen LogP contribution is 2.26. The van der Waals surface area contributed by atoms with Gasteiger partial charge in [-0.3, -0.25) is 11.3 Å². The van der Waals surface area contributed by atoms with Crippen LogP contribution in [-0.4, -0.2) is 0 Å². The summed E-state index contributed by atoms with van der Waals surface area (Å²) < 4.78 is 0. The number of hydrazine groups is 1. The second kappa shape index (κ2) is 6.71. The molecule has 100 valence electrons. The number of hydrogen-bond donors (Lipinski definition) is 2. The van der Waals surface area contributed by atoms with Crippen LogP contribution in [0.4, 0.5) is 0 Å². The van der Waals surface area contributed by atoms with E-state index < -0.39 is 0 Å². The van der Waals surface area contributed by atoms with Crippen LogP contribution in [-0.2, 0) is 6.42 Å². The summed E-state index contributed by atoms with van der Waals surface area (Å²) in [7, 11) is 0. The fourth-order valence-electron chi connectivity index (χ4n) is 2.29. The monoisotopic (exact) mass is 274 g/mol. The van der Waals surface area contributed by atoms with Crippen LogP contribution in [0.2, 0.25) is 5.02 Å². The van der Waals surface area contributed by atoms with Crippen molar-refractivity contribution in [1.29, 1.82) is 0 Å². The van der Waals surface area contributed by atoms with Crippen LogP contribution in [0.3, 0.4) is 0 Å². The lowest BCUT2D eigenvalue weighted by atomic mass is 9.96. The number of aryl methyl sites for hydroxylation is 1. The molecule has 3 N–H and O–H groups in total. The molecule has 2 aromatic rings. The van der Waals surface area contributed by atoms with E-state index in [4.69, 9.17) is 17.4 Å². The number of rotatable bonds is 5. The van der Waals surface area contributed by atoms with Crippen molar-refractivity contribution in [3.8, 4) is 0 Å². The van der Waals surface area contributed by atoms with Gasteiger partial charge >= 0.3 is 0 Å². The van der Waals surface area contributed by atoms with Crippen LogP contribution in [0.25, 0.3) is 0 Å². The van der Waals surface area contributed by atoms with E-state index in [1.807, 2.05) is 25.1 Å². The van der Waals surface area contributed by atoms with Gasteiger partial charge in [-0.2, -0.15) is 0 Å². The Hall–Kier alpha value is -1.35. The molecule has 0 saturated heterocycles. The van der Waals surface area contributed by atoms with Gasteiger partial charge in [0.05, 0.1) is 0 Å². The van der Waals surface area contributed by atoms with Gasteiger partial charge < -0.3 is 0 Å². The van der Waals surface area contributed by atoms with Gasteiger partial charge in [-0.15, -0.1) is 0 Å². The highest BCUT2D eigenvalue weighted by molar-refractivity contribution is 6.31. The number of benzene rings is 2. The Morgan fingerprint density at radius 1 is 1.11 bits per heavy atom. The molecule has 0 radical (unpaired) electrons. The van der Waals surface area contributed by atoms with Gasteiger partial charge in [-0.1, -0.05) is 54.1 Å². The minimum absolute atomic E-state index is 0.124. The Morgan fingerprint density at radius 2 is 1.84 bits per heavy atom. The first kappa shape index (κ1) is 14.1. The molecule has 0 aliphatic rings. The number of nitrogens with one attached hydrogen (secondary N) is 1. The van der Waals surface area contributed by atoms with Crippen LogP contribution < -0.4 is 11.3 Å². The van der Waals surface area contributed by atoms with E-state index in [-0.39, 0.29) is 6.04 Å². The van der Waals surface area contributed by atoms with Gasteiger partial charge in [0.2, 0.25) is 0 Å². The fourth-order valence-corrected chi connectivity index (χ4v) is 2.47. The summed E-state index contributed by atoms with van der Waals surface area (Å²) in [6.07, 6.45) is 1.93. The molecular formula is C16H19ClN2. The van der Waals surface area contributed by atoms with Crippen molar-refractivity contribution in [1.82, 2.24) is 5.43 Å². The second-order valence-electron chi connectivity index (χ2n) is 4.70. The predicted molar refractivity (Wildman–Crippen MR) is 81.0 cm³/mol. The normalized spacial score (nSPS) is 12.4. The maximum atomic E-state index is 6.16. The number of nitrogens with two attached hydrogens (primary N) is 1. The number of halogens is 1. The van der Waals surface area contributed by atoms with Crippen molar-refractivity contribution in [2.45, 2.75) is 25.8 Å². The molecule has 19 heavy (non-hydrogen) atoms.